The van der Waals surface area contributed by atoms with Gasteiger partial charge in [-0.05, 0) is 50.7 Å². The molecule has 1 atom stereocenters. The molecule has 0 radical (unpaired) electrons. The summed E-state index contributed by atoms with van der Waals surface area (Å²) in [4.78, 5) is 1.46. The summed E-state index contributed by atoms with van der Waals surface area (Å²) in [5.41, 5.74) is 4.15. The minimum atomic E-state index is 0.518. The molecule has 0 aliphatic heterocycles. The van der Waals surface area contributed by atoms with Crippen molar-refractivity contribution >= 4 is 11.3 Å². The van der Waals surface area contributed by atoms with E-state index in [1.165, 1.54) is 21.6 Å². The number of aryl methyl sites for hydroxylation is 2. The van der Waals surface area contributed by atoms with Crippen LogP contribution in [0.3, 0.4) is 0 Å². The Labute approximate surface area is 114 Å². The van der Waals surface area contributed by atoms with Crippen molar-refractivity contribution in [3.63, 3.8) is 0 Å². The molecule has 0 aliphatic rings. The third-order valence-electron chi connectivity index (χ3n) is 3.20. The third kappa shape index (κ3) is 3.69. The molecule has 1 heterocycles. The first-order chi connectivity index (χ1) is 8.67. The number of thiophene rings is 1. The Bertz CT molecular complexity index is 468. The van der Waals surface area contributed by atoms with Crippen LogP contribution in [-0.4, -0.2) is 13.1 Å². The van der Waals surface area contributed by atoms with Crippen molar-refractivity contribution in [2.45, 2.75) is 32.7 Å². The van der Waals surface area contributed by atoms with Crippen LogP contribution in [0.1, 0.15) is 21.6 Å². The fourth-order valence-corrected chi connectivity index (χ4v) is 3.21. The van der Waals surface area contributed by atoms with E-state index in [4.69, 9.17) is 0 Å². The third-order valence-corrected chi connectivity index (χ3v) is 4.10. The van der Waals surface area contributed by atoms with Crippen molar-refractivity contribution < 1.29 is 0 Å². The molecule has 2 aromatic rings. The SMILES string of the molecule is CNC(Cc1cc(C)cc(C)c1)Cc1cccs1. The number of hydrogen-bond donors (Lipinski definition) is 1. The monoisotopic (exact) mass is 259 g/mol. The molecule has 0 fully saturated rings. The molecule has 0 bridgehead atoms. The molecule has 0 saturated heterocycles. The van der Waals surface area contributed by atoms with Gasteiger partial charge in [0, 0.05) is 10.9 Å². The Morgan fingerprint density at radius 1 is 1.11 bits per heavy atom. The summed E-state index contributed by atoms with van der Waals surface area (Å²) in [6.07, 6.45) is 2.21. The number of hydrogen-bond acceptors (Lipinski definition) is 2. The molecule has 0 amide bonds. The summed E-state index contributed by atoms with van der Waals surface area (Å²) in [6, 6.07) is 11.7. The van der Waals surface area contributed by atoms with Crippen LogP contribution in [0, 0.1) is 13.8 Å². The zero-order valence-corrected chi connectivity index (χ0v) is 12.2. The highest BCUT2D eigenvalue weighted by Crippen LogP contribution is 2.15. The van der Waals surface area contributed by atoms with Gasteiger partial charge >= 0.3 is 0 Å². The quantitative estimate of drug-likeness (QED) is 0.862. The Hall–Kier alpha value is -1.12. The first kappa shape index (κ1) is 13.3. The lowest BCUT2D eigenvalue weighted by Crippen LogP contribution is -2.29. The number of nitrogens with one attached hydrogen (secondary N) is 1. The van der Waals surface area contributed by atoms with Crippen molar-refractivity contribution in [2.75, 3.05) is 7.05 Å². The Morgan fingerprint density at radius 2 is 1.83 bits per heavy atom. The first-order valence-electron chi connectivity index (χ1n) is 6.44. The average Bonchev–Trinajstić information content (AvgIpc) is 2.79. The number of likely N-dealkylation sites (N-methyl/N-ethyl adjacent to an activating group) is 1. The second kappa shape index (κ2) is 6.17. The maximum absolute atomic E-state index is 3.43. The molecule has 2 rings (SSSR count). The highest BCUT2D eigenvalue weighted by atomic mass is 32.1. The molecule has 0 aliphatic carbocycles. The zero-order valence-electron chi connectivity index (χ0n) is 11.4. The maximum Gasteiger partial charge on any atom is 0.0153 e. The van der Waals surface area contributed by atoms with Gasteiger partial charge in [0.15, 0.2) is 0 Å². The molecular formula is C16H21NS. The standard InChI is InChI=1S/C16H21NS/c1-12-7-13(2)9-14(8-12)10-15(17-3)11-16-5-4-6-18-16/h4-9,15,17H,10-11H2,1-3H3. The second-order valence-corrected chi connectivity index (χ2v) is 6.00. The van der Waals surface area contributed by atoms with Crippen LogP contribution < -0.4 is 5.32 Å². The van der Waals surface area contributed by atoms with Crippen molar-refractivity contribution in [3.05, 3.63) is 57.3 Å². The van der Waals surface area contributed by atoms with Gasteiger partial charge in [0.1, 0.15) is 0 Å². The molecule has 0 spiro atoms. The van der Waals surface area contributed by atoms with Crippen LogP contribution in [0.25, 0.3) is 0 Å². The smallest absolute Gasteiger partial charge is 0.0153 e. The van der Waals surface area contributed by atoms with Gasteiger partial charge in [-0.1, -0.05) is 35.4 Å². The van der Waals surface area contributed by atoms with E-state index in [1.54, 1.807) is 0 Å². The first-order valence-corrected chi connectivity index (χ1v) is 7.32. The molecule has 1 aromatic carbocycles. The minimum absolute atomic E-state index is 0.518. The summed E-state index contributed by atoms with van der Waals surface area (Å²) in [5, 5.41) is 5.59. The molecule has 1 unspecified atom stereocenters. The second-order valence-electron chi connectivity index (χ2n) is 4.97. The van der Waals surface area contributed by atoms with Gasteiger partial charge in [0.05, 0.1) is 0 Å². The molecule has 1 nitrogen and oxygen atoms in total. The number of benzene rings is 1. The fourth-order valence-electron chi connectivity index (χ4n) is 2.42. The van der Waals surface area contributed by atoms with Crippen LogP contribution >= 0.6 is 11.3 Å². The van der Waals surface area contributed by atoms with Gasteiger partial charge in [0.2, 0.25) is 0 Å². The van der Waals surface area contributed by atoms with Crippen molar-refractivity contribution in [2.24, 2.45) is 0 Å². The largest absolute Gasteiger partial charge is 0.316 e. The van der Waals surface area contributed by atoms with E-state index < -0.39 is 0 Å². The Balaban J connectivity index is 2.05. The van der Waals surface area contributed by atoms with E-state index >= 15 is 0 Å². The highest BCUT2D eigenvalue weighted by molar-refractivity contribution is 7.09. The highest BCUT2D eigenvalue weighted by Gasteiger charge is 2.09. The van der Waals surface area contributed by atoms with E-state index in [2.05, 4.69) is 61.9 Å². The minimum Gasteiger partial charge on any atom is -0.316 e. The molecule has 1 N–H and O–H groups in total. The van der Waals surface area contributed by atoms with E-state index in [0.717, 1.165) is 12.8 Å². The Kier molecular flexibility index (Phi) is 4.56. The predicted molar refractivity (Wildman–Crippen MR) is 80.5 cm³/mol. The summed E-state index contributed by atoms with van der Waals surface area (Å²) < 4.78 is 0. The van der Waals surface area contributed by atoms with Crippen LogP contribution in [0.5, 0.6) is 0 Å². The molecule has 18 heavy (non-hydrogen) atoms. The molecule has 96 valence electrons. The topological polar surface area (TPSA) is 12.0 Å². The van der Waals surface area contributed by atoms with Crippen LogP contribution in [0.15, 0.2) is 35.7 Å². The zero-order chi connectivity index (χ0) is 13.0. The molecule has 1 aromatic heterocycles. The predicted octanol–water partition coefficient (Wildman–Crippen LogP) is 3.74. The molecule has 0 saturated carbocycles. The normalized spacial score (nSPS) is 12.6. The lowest BCUT2D eigenvalue weighted by molar-refractivity contribution is 0.560. The van der Waals surface area contributed by atoms with Gasteiger partial charge in [-0.3, -0.25) is 0 Å². The van der Waals surface area contributed by atoms with Gasteiger partial charge in [-0.2, -0.15) is 0 Å². The van der Waals surface area contributed by atoms with Crippen LogP contribution in [0.4, 0.5) is 0 Å². The van der Waals surface area contributed by atoms with E-state index in [0.29, 0.717) is 6.04 Å². The maximum atomic E-state index is 3.43. The van der Waals surface area contributed by atoms with Gasteiger partial charge in [-0.15, -0.1) is 11.3 Å². The lowest BCUT2D eigenvalue weighted by Gasteiger charge is -2.16. The van der Waals surface area contributed by atoms with Gasteiger partial charge < -0.3 is 5.32 Å². The summed E-state index contributed by atoms with van der Waals surface area (Å²) in [6.45, 7) is 4.34. The lowest BCUT2D eigenvalue weighted by atomic mass is 9.99. The van der Waals surface area contributed by atoms with E-state index in [9.17, 15) is 0 Å². The van der Waals surface area contributed by atoms with Crippen LogP contribution in [-0.2, 0) is 12.8 Å². The average molecular weight is 259 g/mol. The van der Waals surface area contributed by atoms with Crippen LogP contribution in [0.2, 0.25) is 0 Å². The van der Waals surface area contributed by atoms with Gasteiger partial charge in [0.25, 0.3) is 0 Å². The van der Waals surface area contributed by atoms with Crippen molar-refractivity contribution in [1.82, 2.24) is 5.32 Å². The van der Waals surface area contributed by atoms with Crippen molar-refractivity contribution in [3.8, 4) is 0 Å². The van der Waals surface area contributed by atoms with Crippen molar-refractivity contribution in [1.29, 1.82) is 0 Å². The summed E-state index contributed by atoms with van der Waals surface area (Å²) in [7, 11) is 2.06. The molecular weight excluding hydrogens is 238 g/mol. The summed E-state index contributed by atoms with van der Waals surface area (Å²) >= 11 is 1.84. The summed E-state index contributed by atoms with van der Waals surface area (Å²) in [5.74, 6) is 0. The Morgan fingerprint density at radius 3 is 2.39 bits per heavy atom. The number of rotatable bonds is 5. The van der Waals surface area contributed by atoms with E-state index in [-0.39, 0.29) is 0 Å². The fraction of sp³-hybridized carbons (Fsp3) is 0.375. The molecule has 2 heteroatoms. The van der Waals surface area contributed by atoms with E-state index in [1.807, 2.05) is 11.3 Å². The van der Waals surface area contributed by atoms with Gasteiger partial charge in [-0.25, -0.2) is 0 Å².